The van der Waals surface area contributed by atoms with Crippen molar-refractivity contribution in [3.63, 3.8) is 0 Å². The van der Waals surface area contributed by atoms with Crippen molar-refractivity contribution in [2.75, 3.05) is 20.7 Å². The van der Waals surface area contributed by atoms with Gasteiger partial charge in [-0.1, -0.05) is 11.8 Å². The highest BCUT2D eigenvalue weighted by molar-refractivity contribution is 6.04. The van der Waals surface area contributed by atoms with Crippen LogP contribution in [-0.4, -0.2) is 31.7 Å². The Morgan fingerprint density at radius 2 is 2.32 bits per heavy atom. The molecule has 4 nitrogen and oxygen atoms in total. The van der Waals surface area contributed by atoms with Crippen LogP contribution in [0.2, 0.25) is 0 Å². The van der Waals surface area contributed by atoms with Crippen LogP contribution in [0.4, 0.5) is 0 Å². The number of aromatic amines is 1. The molecule has 1 aromatic heterocycles. The molecule has 2 aromatic rings. The lowest BCUT2D eigenvalue weighted by molar-refractivity contribution is 0.0603. The molecule has 2 rings (SSSR count). The molecule has 0 fully saturated rings. The van der Waals surface area contributed by atoms with Crippen LogP contribution in [-0.2, 0) is 4.74 Å². The number of methoxy groups -OCH3 is 1. The Kier molecular flexibility index (Phi) is 4.22. The van der Waals surface area contributed by atoms with Gasteiger partial charge in [0.2, 0.25) is 0 Å². The third kappa shape index (κ3) is 2.95. The molecular formula is C15H16N2O2. The zero-order valence-electron chi connectivity index (χ0n) is 11.0. The fraction of sp³-hybridized carbons (Fsp3) is 0.267. The van der Waals surface area contributed by atoms with Gasteiger partial charge in [-0.25, -0.2) is 4.79 Å². The highest BCUT2D eigenvalue weighted by Crippen LogP contribution is 2.20. The Bertz CT molecular complexity index is 647. The minimum Gasteiger partial charge on any atom is -0.465 e. The number of carbonyl (C=O) groups is 1. The van der Waals surface area contributed by atoms with Crippen molar-refractivity contribution in [2.45, 2.75) is 6.42 Å². The summed E-state index contributed by atoms with van der Waals surface area (Å²) in [6.45, 7) is 0.849. The molecule has 98 valence electrons. The van der Waals surface area contributed by atoms with Gasteiger partial charge in [-0.2, -0.15) is 0 Å². The summed E-state index contributed by atoms with van der Waals surface area (Å²) < 4.78 is 4.80. The van der Waals surface area contributed by atoms with Crippen LogP contribution in [0, 0.1) is 11.8 Å². The predicted octanol–water partition coefficient (Wildman–Crippen LogP) is 1.92. The molecule has 0 saturated heterocycles. The minimum atomic E-state index is -0.344. The fourth-order valence-electron chi connectivity index (χ4n) is 1.87. The topological polar surface area (TPSA) is 54.1 Å². The first-order valence-electron chi connectivity index (χ1n) is 6.09. The van der Waals surface area contributed by atoms with Crippen molar-refractivity contribution >= 4 is 16.9 Å². The van der Waals surface area contributed by atoms with E-state index in [4.69, 9.17) is 4.74 Å². The Hall–Kier alpha value is -2.25. The smallest absolute Gasteiger partial charge is 0.338 e. The number of hydrogen-bond acceptors (Lipinski definition) is 3. The van der Waals surface area contributed by atoms with Gasteiger partial charge in [-0.15, -0.1) is 0 Å². The molecule has 19 heavy (non-hydrogen) atoms. The maximum Gasteiger partial charge on any atom is 0.338 e. The van der Waals surface area contributed by atoms with Gasteiger partial charge >= 0.3 is 5.97 Å². The Morgan fingerprint density at radius 1 is 1.47 bits per heavy atom. The van der Waals surface area contributed by atoms with Gasteiger partial charge in [-0.3, -0.25) is 0 Å². The van der Waals surface area contributed by atoms with Gasteiger partial charge in [-0.05, 0) is 25.2 Å². The van der Waals surface area contributed by atoms with E-state index in [2.05, 4.69) is 22.1 Å². The van der Waals surface area contributed by atoms with Crippen LogP contribution >= 0.6 is 0 Å². The number of nitrogens with one attached hydrogen (secondary N) is 2. The molecule has 0 aliphatic rings. The van der Waals surface area contributed by atoms with Crippen molar-refractivity contribution in [2.24, 2.45) is 0 Å². The van der Waals surface area contributed by atoms with Crippen LogP contribution in [0.25, 0.3) is 10.9 Å². The summed E-state index contributed by atoms with van der Waals surface area (Å²) >= 11 is 0. The van der Waals surface area contributed by atoms with Gasteiger partial charge in [0.25, 0.3) is 0 Å². The number of H-pyrrole nitrogens is 1. The largest absolute Gasteiger partial charge is 0.465 e. The van der Waals surface area contributed by atoms with Crippen LogP contribution in [0.5, 0.6) is 0 Å². The highest BCUT2D eigenvalue weighted by Gasteiger charge is 2.12. The highest BCUT2D eigenvalue weighted by atomic mass is 16.5. The zero-order valence-corrected chi connectivity index (χ0v) is 11.0. The monoisotopic (exact) mass is 256 g/mol. The van der Waals surface area contributed by atoms with E-state index < -0.39 is 0 Å². The molecule has 0 atom stereocenters. The summed E-state index contributed by atoms with van der Waals surface area (Å²) in [5.41, 5.74) is 2.24. The third-order valence-electron chi connectivity index (χ3n) is 2.81. The predicted molar refractivity (Wildman–Crippen MR) is 75.1 cm³/mol. The number of aromatic nitrogens is 1. The van der Waals surface area contributed by atoms with Crippen LogP contribution in [0.3, 0.4) is 0 Å². The quantitative estimate of drug-likeness (QED) is 0.501. The molecule has 0 amide bonds. The van der Waals surface area contributed by atoms with E-state index in [1.54, 1.807) is 12.3 Å². The number of fused-ring (bicyclic) bond motifs is 1. The Labute approximate surface area is 112 Å². The average Bonchev–Trinajstić information content (AvgIpc) is 2.90. The molecule has 1 aromatic carbocycles. The molecule has 0 spiro atoms. The molecule has 0 unspecified atom stereocenters. The standard InChI is InChI=1S/C15H16N2O2/c1-16-7-4-3-5-11-9-13(15(18)19-2)12-6-8-17-14(12)10-11/h6,8-10,16-17H,4,7H2,1-2H3. The first-order chi connectivity index (χ1) is 9.26. The first kappa shape index (κ1) is 13.2. The summed E-state index contributed by atoms with van der Waals surface area (Å²) in [5.74, 6) is 5.78. The number of benzene rings is 1. The molecular weight excluding hydrogens is 240 g/mol. The molecule has 0 bridgehead atoms. The van der Waals surface area contributed by atoms with Gasteiger partial charge < -0.3 is 15.0 Å². The number of hydrogen-bond donors (Lipinski definition) is 2. The SMILES string of the molecule is CNCCC#Cc1cc(C(=O)OC)c2cc[nH]c2c1. The van der Waals surface area contributed by atoms with Crippen molar-refractivity contribution in [1.29, 1.82) is 0 Å². The minimum absolute atomic E-state index is 0.344. The number of ether oxygens (including phenoxy) is 1. The summed E-state index contributed by atoms with van der Waals surface area (Å²) in [6, 6.07) is 5.57. The molecule has 4 heteroatoms. The van der Waals surface area contributed by atoms with E-state index in [9.17, 15) is 4.79 Å². The lowest BCUT2D eigenvalue weighted by Gasteiger charge is -2.02. The van der Waals surface area contributed by atoms with Crippen molar-refractivity contribution < 1.29 is 9.53 Å². The molecule has 0 saturated carbocycles. The number of rotatable bonds is 3. The second-order valence-electron chi connectivity index (χ2n) is 4.11. The van der Waals surface area contributed by atoms with E-state index in [-0.39, 0.29) is 5.97 Å². The Morgan fingerprint density at radius 3 is 3.05 bits per heavy atom. The summed E-state index contributed by atoms with van der Waals surface area (Å²) in [7, 11) is 3.27. The maximum atomic E-state index is 11.8. The molecule has 0 aliphatic heterocycles. The van der Waals surface area contributed by atoms with E-state index in [0.717, 1.165) is 29.4 Å². The van der Waals surface area contributed by atoms with E-state index >= 15 is 0 Å². The van der Waals surface area contributed by atoms with Gasteiger partial charge in [0.05, 0.1) is 12.7 Å². The second kappa shape index (κ2) is 6.07. The van der Waals surface area contributed by atoms with Crippen LogP contribution in [0.15, 0.2) is 24.4 Å². The zero-order chi connectivity index (χ0) is 13.7. The van der Waals surface area contributed by atoms with Gasteiger partial charge in [0, 0.05) is 35.6 Å². The molecule has 0 radical (unpaired) electrons. The van der Waals surface area contributed by atoms with Gasteiger partial charge in [0.1, 0.15) is 0 Å². The lowest BCUT2D eigenvalue weighted by Crippen LogP contribution is -2.06. The lowest BCUT2D eigenvalue weighted by atomic mass is 10.1. The number of carbonyl (C=O) groups excluding carboxylic acids is 1. The van der Waals surface area contributed by atoms with Crippen LogP contribution < -0.4 is 5.32 Å². The van der Waals surface area contributed by atoms with Gasteiger partial charge in [0.15, 0.2) is 0 Å². The first-order valence-corrected chi connectivity index (χ1v) is 6.09. The summed E-state index contributed by atoms with van der Waals surface area (Å²) in [4.78, 5) is 14.9. The third-order valence-corrected chi connectivity index (χ3v) is 2.81. The number of esters is 1. The molecule has 1 heterocycles. The molecule has 0 aliphatic carbocycles. The van der Waals surface area contributed by atoms with Crippen molar-refractivity contribution in [3.8, 4) is 11.8 Å². The summed E-state index contributed by atoms with van der Waals surface area (Å²) in [6.07, 6.45) is 2.57. The average molecular weight is 256 g/mol. The fourth-order valence-corrected chi connectivity index (χ4v) is 1.87. The van der Waals surface area contributed by atoms with E-state index in [0.29, 0.717) is 5.56 Å². The van der Waals surface area contributed by atoms with Crippen LogP contribution in [0.1, 0.15) is 22.3 Å². The summed E-state index contributed by atoms with van der Waals surface area (Å²) in [5, 5.41) is 3.89. The second-order valence-corrected chi connectivity index (χ2v) is 4.11. The van der Waals surface area contributed by atoms with Crippen molar-refractivity contribution in [3.05, 3.63) is 35.5 Å². The molecule has 2 N–H and O–H groups in total. The normalized spacial score (nSPS) is 10.0. The van der Waals surface area contributed by atoms with Crippen molar-refractivity contribution in [1.82, 2.24) is 10.3 Å². The maximum absolute atomic E-state index is 11.8. The Balaban J connectivity index is 2.39. The van der Waals surface area contributed by atoms with E-state index in [1.807, 2.05) is 19.2 Å². The van der Waals surface area contributed by atoms with E-state index in [1.165, 1.54) is 7.11 Å².